The average molecular weight is 234 g/mol. The number of primary amides is 1. The van der Waals surface area contributed by atoms with E-state index < -0.39 is 5.91 Å². The third kappa shape index (κ3) is 2.34. The van der Waals surface area contributed by atoms with Crippen LogP contribution in [0.5, 0.6) is 0 Å². The van der Waals surface area contributed by atoms with E-state index >= 15 is 0 Å². The summed E-state index contributed by atoms with van der Waals surface area (Å²) in [5.74, 6) is 0.173. The zero-order chi connectivity index (χ0) is 11.5. The fourth-order valence-electron chi connectivity index (χ4n) is 1.17. The van der Waals surface area contributed by atoms with E-state index in [1.807, 2.05) is 25.1 Å². The standard InChI is InChI=1S/C10H10N4OS/c1-6-3-2-4-8(12-6)14-10-13-7(5-16-10)9(11)15/h2-5H,1H3,(H2,11,15)(H,12,13,14). The van der Waals surface area contributed by atoms with Crippen LogP contribution in [0.1, 0.15) is 16.2 Å². The van der Waals surface area contributed by atoms with Gasteiger partial charge < -0.3 is 11.1 Å². The molecule has 3 N–H and O–H groups in total. The van der Waals surface area contributed by atoms with E-state index in [1.165, 1.54) is 11.3 Å². The number of nitrogens with two attached hydrogens (primary N) is 1. The van der Waals surface area contributed by atoms with Crippen LogP contribution in [0, 0.1) is 6.92 Å². The van der Waals surface area contributed by atoms with Crippen LogP contribution in [-0.2, 0) is 0 Å². The van der Waals surface area contributed by atoms with Gasteiger partial charge in [-0.05, 0) is 19.1 Å². The van der Waals surface area contributed by atoms with Crippen molar-refractivity contribution >= 4 is 28.2 Å². The van der Waals surface area contributed by atoms with Crippen molar-refractivity contribution in [3.05, 3.63) is 35.0 Å². The molecule has 0 aliphatic heterocycles. The predicted molar refractivity (Wildman–Crippen MR) is 62.9 cm³/mol. The molecule has 0 fully saturated rings. The maximum Gasteiger partial charge on any atom is 0.268 e. The van der Waals surface area contributed by atoms with E-state index in [0.717, 1.165) is 5.69 Å². The van der Waals surface area contributed by atoms with Crippen LogP contribution in [0.2, 0.25) is 0 Å². The van der Waals surface area contributed by atoms with Crippen molar-refractivity contribution in [2.75, 3.05) is 5.32 Å². The van der Waals surface area contributed by atoms with Crippen molar-refractivity contribution in [2.45, 2.75) is 6.92 Å². The summed E-state index contributed by atoms with van der Waals surface area (Å²) in [7, 11) is 0. The lowest BCUT2D eigenvalue weighted by Gasteiger charge is -2.01. The fourth-order valence-corrected chi connectivity index (χ4v) is 1.87. The van der Waals surface area contributed by atoms with Gasteiger partial charge >= 0.3 is 0 Å². The molecule has 2 heterocycles. The Hall–Kier alpha value is -1.95. The number of nitrogens with one attached hydrogen (secondary N) is 1. The van der Waals surface area contributed by atoms with Gasteiger partial charge in [0.15, 0.2) is 5.13 Å². The van der Waals surface area contributed by atoms with E-state index in [-0.39, 0.29) is 5.69 Å². The van der Waals surface area contributed by atoms with E-state index in [9.17, 15) is 4.79 Å². The summed E-state index contributed by atoms with van der Waals surface area (Å²) in [6.07, 6.45) is 0. The first-order valence-electron chi connectivity index (χ1n) is 4.61. The maximum absolute atomic E-state index is 10.8. The van der Waals surface area contributed by atoms with Gasteiger partial charge in [0, 0.05) is 11.1 Å². The number of amides is 1. The number of thiazole rings is 1. The number of anilines is 2. The molecule has 0 aromatic carbocycles. The van der Waals surface area contributed by atoms with Crippen LogP contribution in [0.4, 0.5) is 10.9 Å². The Kier molecular flexibility index (Phi) is 2.82. The quantitative estimate of drug-likeness (QED) is 0.846. The molecule has 6 heteroatoms. The highest BCUT2D eigenvalue weighted by molar-refractivity contribution is 7.14. The zero-order valence-corrected chi connectivity index (χ0v) is 9.41. The topological polar surface area (TPSA) is 80.9 Å². The third-order valence-corrected chi connectivity index (χ3v) is 2.64. The zero-order valence-electron chi connectivity index (χ0n) is 8.60. The van der Waals surface area contributed by atoms with Gasteiger partial charge in [-0.2, -0.15) is 0 Å². The summed E-state index contributed by atoms with van der Waals surface area (Å²) in [5.41, 5.74) is 6.28. The Morgan fingerprint density at radius 1 is 1.44 bits per heavy atom. The molecule has 2 rings (SSSR count). The van der Waals surface area contributed by atoms with Crippen LogP contribution in [0.15, 0.2) is 23.6 Å². The highest BCUT2D eigenvalue weighted by Gasteiger charge is 2.06. The summed E-state index contributed by atoms with van der Waals surface area (Å²) in [4.78, 5) is 19.1. The van der Waals surface area contributed by atoms with E-state index in [4.69, 9.17) is 5.73 Å². The molecule has 2 aromatic rings. The molecule has 0 spiro atoms. The molecule has 5 nitrogen and oxygen atoms in total. The second kappa shape index (κ2) is 4.28. The SMILES string of the molecule is Cc1cccc(Nc2nc(C(N)=O)cs2)n1. The first-order valence-corrected chi connectivity index (χ1v) is 5.49. The lowest BCUT2D eigenvalue weighted by Crippen LogP contribution is -2.11. The Labute approximate surface area is 96.3 Å². The van der Waals surface area contributed by atoms with E-state index in [2.05, 4.69) is 15.3 Å². The van der Waals surface area contributed by atoms with Crippen LogP contribution < -0.4 is 11.1 Å². The molecular weight excluding hydrogens is 224 g/mol. The average Bonchev–Trinajstić information content (AvgIpc) is 2.66. The second-order valence-corrected chi connectivity index (χ2v) is 4.05. The molecule has 0 saturated carbocycles. The van der Waals surface area contributed by atoms with E-state index in [1.54, 1.807) is 5.38 Å². The number of aryl methyl sites for hydroxylation is 1. The molecule has 0 bridgehead atoms. The Bertz CT molecular complexity index is 523. The van der Waals surface area contributed by atoms with Gasteiger partial charge in [0.1, 0.15) is 11.5 Å². The van der Waals surface area contributed by atoms with Crippen molar-refractivity contribution in [3.8, 4) is 0 Å². The molecule has 2 aromatic heterocycles. The molecule has 16 heavy (non-hydrogen) atoms. The molecule has 0 aliphatic rings. The number of hydrogen-bond acceptors (Lipinski definition) is 5. The van der Waals surface area contributed by atoms with E-state index in [0.29, 0.717) is 10.9 Å². The minimum atomic E-state index is -0.526. The van der Waals surface area contributed by atoms with Crippen molar-refractivity contribution in [3.63, 3.8) is 0 Å². The predicted octanol–water partition coefficient (Wildman–Crippen LogP) is 1.69. The van der Waals surface area contributed by atoms with Crippen molar-refractivity contribution in [1.82, 2.24) is 9.97 Å². The van der Waals surface area contributed by atoms with Crippen LogP contribution >= 0.6 is 11.3 Å². The van der Waals surface area contributed by atoms with Gasteiger partial charge in [-0.25, -0.2) is 9.97 Å². The molecule has 0 atom stereocenters. The molecule has 1 amide bonds. The highest BCUT2D eigenvalue weighted by Crippen LogP contribution is 2.19. The van der Waals surface area contributed by atoms with Gasteiger partial charge in [0.05, 0.1) is 0 Å². The smallest absolute Gasteiger partial charge is 0.268 e. The highest BCUT2D eigenvalue weighted by atomic mass is 32.1. The first-order chi connectivity index (χ1) is 7.65. The number of hydrogen-bond donors (Lipinski definition) is 2. The summed E-state index contributed by atoms with van der Waals surface area (Å²) in [6, 6.07) is 5.63. The molecular formula is C10H10N4OS. The number of carbonyl (C=O) groups excluding carboxylic acids is 1. The Morgan fingerprint density at radius 3 is 2.88 bits per heavy atom. The number of nitrogens with zero attached hydrogens (tertiary/aromatic N) is 2. The number of pyridine rings is 1. The third-order valence-electron chi connectivity index (χ3n) is 1.88. The van der Waals surface area contributed by atoms with Crippen molar-refractivity contribution in [2.24, 2.45) is 5.73 Å². The van der Waals surface area contributed by atoms with Crippen molar-refractivity contribution in [1.29, 1.82) is 0 Å². The summed E-state index contributed by atoms with van der Waals surface area (Å²) in [6.45, 7) is 1.90. The molecule has 0 unspecified atom stereocenters. The number of rotatable bonds is 3. The van der Waals surface area contributed by atoms with Crippen molar-refractivity contribution < 1.29 is 4.79 Å². The molecule has 82 valence electrons. The van der Waals surface area contributed by atoms with Gasteiger partial charge in [-0.1, -0.05) is 6.07 Å². The first kappa shape index (κ1) is 10.6. The Morgan fingerprint density at radius 2 is 2.25 bits per heavy atom. The van der Waals surface area contributed by atoms with Gasteiger partial charge in [-0.15, -0.1) is 11.3 Å². The van der Waals surface area contributed by atoms with Gasteiger partial charge in [-0.3, -0.25) is 4.79 Å². The monoisotopic (exact) mass is 234 g/mol. The molecule has 0 aliphatic carbocycles. The van der Waals surface area contributed by atoms with Crippen LogP contribution in [0.25, 0.3) is 0 Å². The second-order valence-electron chi connectivity index (χ2n) is 3.19. The van der Waals surface area contributed by atoms with Crippen LogP contribution in [0.3, 0.4) is 0 Å². The molecule has 0 saturated heterocycles. The lowest BCUT2D eigenvalue weighted by atomic mass is 10.4. The number of aromatic nitrogens is 2. The fraction of sp³-hybridized carbons (Fsp3) is 0.100. The Balaban J connectivity index is 2.17. The van der Waals surface area contributed by atoms with Gasteiger partial charge in [0.25, 0.3) is 5.91 Å². The lowest BCUT2D eigenvalue weighted by molar-refractivity contribution is 0.0996. The summed E-state index contributed by atoms with van der Waals surface area (Å²) in [5, 5.41) is 5.22. The van der Waals surface area contributed by atoms with Gasteiger partial charge in [0.2, 0.25) is 0 Å². The minimum absolute atomic E-state index is 0.264. The van der Waals surface area contributed by atoms with Crippen LogP contribution in [-0.4, -0.2) is 15.9 Å². The maximum atomic E-state index is 10.8. The summed E-state index contributed by atoms with van der Waals surface area (Å²) >= 11 is 1.32. The normalized spacial score (nSPS) is 10.1. The summed E-state index contributed by atoms with van der Waals surface area (Å²) < 4.78 is 0. The molecule has 0 radical (unpaired) electrons. The minimum Gasteiger partial charge on any atom is -0.364 e. The largest absolute Gasteiger partial charge is 0.364 e. The number of carbonyl (C=O) groups is 1.